The van der Waals surface area contributed by atoms with Gasteiger partial charge >= 0.3 is 0 Å². The minimum atomic E-state index is -0.115. The van der Waals surface area contributed by atoms with Crippen molar-refractivity contribution in [2.24, 2.45) is 0 Å². The molecule has 6 heteroatoms. The summed E-state index contributed by atoms with van der Waals surface area (Å²) in [6, 6.07) is 6.03. The Balaban J connectivity index is 1.70. The Kier molecular flexibility index (Phi) is 4.47. The Labute approximate surface area is 142 Å². The Morgan fingerprint density at radius 2 is 2.18 bits per heavy atom. The van der Waals surface area contributed by atoms with E-state index in [9.17, 15) is 4.79 Å². The predicted octanol–water partition coefficient (Wildman–Crippen LogP) is 4.60. The molecule has 2 aromatic heterocycles. The van der Waals surface area contributed by atoms with Gasteiger partial charge in [-0.3, -0.25) is 4.79 Å². The maximum atomic E-state index is 12.3. The number of thiophene rings is 1. The number of carbonyl (C=O) groups excluding carboxylic acids is 1. The van der Waals surface area contributed by atoms with E-state index in [0.29, 0.717) is 16.4 Å². The van der Waals surface area contributed by atoms with Gasteiger partial charge in [0.05, 0.1) is 15.7 Å². The van der Waals surface area contributed by atoms with E-state index in [-0.39, 0.29) is 5.91 Å². The Morgan fingerprint density at radius 3 is 2.91 bits per heavy atom. The highest BCUT2D eigenvalue weighted by Gasteiger charge is 2.16. The van der Waals surface area contributed by atoms with Crippen molar-refractivity contribution in [1.29, 1.82) is 0 Å². The number of rotatable bonds is 4. The first-order valence-electron chi connectivity index (χ1n) is 6.92. The Hall–Kier alpha value is -1.43. The van der Waals surface area contributed by atoms with Crippen LogP contribution in [-0.4, -0.2) is 17.4 Å². The number of halogens is 1. The van der Waals surface area contributed by atoms with Crippen LogP contribution in [0.15, 0.2) is 23.6 Å². The number of amides is 1. The van der Waals surface area contributed by atoms with Crippen LogP contribution >= 0.6 is 34.3 Å². The molecule has 1 aromatic carbocycles. The molecule has 1 N–H and O–H groups in total. The van der Waals surface area contributed by atoms with Gasteiger partial charge in [-0.2, -0.15) is 0 Å². The number of hydrogen-bond donors (Lipinski definition) is 1. The van der Waals surface area contributed by atoms with E-state index in [2.05, 4.69) is 16.4 Å². The summed E-state index contributed by atoms with van der Waals surface area (Å²) in [6.45, 7) is 4.57. The third-order valence-corrected chi connectivity index (χ3v) is 5.80. The summed E-state index contributed by atoms with van der Waals surface area (Å²) < 4.78 is 1.05. The van der Waals surface area contributed by atoms with Gasteiger partial charge in [0.2, 0.25) is 0 Å². The molecule has 0 saturated heterocycles. The van der Waals surface area contributed by atoms with Crippen molar-refractivity contribution in [2.75, 3.05) is 6.54 Å². The largest absolute Gasteiger partial charge is 0.351 e. The molecule has 1 amide bonds. The first-order valence-corrected chi connectivity index (χ1v) is 9.00. The first-order chi connectivity index (χ1) is 10.5. The van der Waals surface area contributed by atoms with Gasteiger partial charge in [-0.15, -0.1) is 22.7 Å². The van der Waals surface area contributed by atoms with Crippen molar-refractivity contribution in [2.45, 2.75) is 20.3 Å². The number of fused-ring (bicyclic) bond motifs is 1. The van der Waals surface area contributed by atoms with Gasteiger partial charge in [0.25, 0.3) is 5.91 Å². The van der Waals surface area contributed by atoms with Crippen LogP contribution in [0.4, 0.5) is 0 Å². The SMILES string of the molecule is Cc1ccc2c(Cl)c(C(=O)NCCc3csc(C)n3)sc2c1. The van der Waals surface area contributed by atoms with Crippen LogP contribution in [0.3, 0.4) is 0 Å². The summed E-state index contributed by atoms with van der Waals surface area (Å²) in [7, 11) is 0. The summed E-state index contributed by atoms with van der Waals surface area (Å²) in [5, 5.41) is 7.48. The zero-order valence-electron chi connectivity index (χ0n) is 12.3. The van der Waals surface area contributed by atoms with Gasteiger partial charge in [-0.1, -0.05) is 23.7 Å². The fourth-order valence-electron chi connectivity index (χ4n) is 2.23. The fourth-order valence-corrected chi connectivity index (χ4v) is 4.40. The number of aromatic nitrogens is 1. The molecule has 0 unspecified atom stereocenters. The van der Waals surface area contributed by atoms with Gasteiger partial charge in [0.15, 0.2) is 0 Å². The number of benzene rings is 1. The van der Waals surface area contributed by atoms with Gasteiger partial charge < -0.3 is 5.32 Å². The van der Waals surface area contributed by atoms with Crippen molar-refractivity contribution in [3.63, 3.8) is 0 Å². The van der Waals surface area contributed by atoms with Gasteiger partial charge in [0.1, 0.15) is 4.88 Å². The average molecular weight is 351 g/mol. The molecular formula is C16H15ClN2OS2. The first kappa shape index (κ1) is 15.5. The molecule has 0 atom stereocenters. The van der Waals surface area contributed by atoms with Crippen molar-refractivity contribution in [3.05, 3.63) is 49.7 Å². The standard InChI is InChI=1S/C16H15ClN2OS2/c1-9-3-4-12-13(7-9)22-15(14(12)17)16(20)18-6-5-11-8-21-10(2)19-11/h3-4,7-8H,5-6H2,1-2H3,(H,18,20). The minimum Gasteiger partial charge on any atom is -0.351 e. The van der Waals surface area contributed by atoms with Crippen molar-refractivity contribution in [1.82, 2.24) is 10.3 Å². The summed E-state index contributed by atoms with van der Waals surface area (Å²) >= 11 is 9.40. The maximum Gasteiger partial charge on any atom is 0.262 e. The molecule has 0 radical (unpaired) electrons. The van der Waals surface area contributed by atoms with Crippen molar-refractivity contribution >= 4 is 50.3 Å². The van der Waals surface area contributed by atoms with Crippen LogP contribution in [0, 0.1) is 13.8 Å². The zero-order chi connectivity index (χ0) is 15.7. The second kappa shape index (κ2) is 6.36. The van der Waals surface area contributed by atoms with Crippen LogP contribution in [0.5, 0.6) is 0 Å². The highest BCUT2D eigenvalue weighted by atomic mass is 35.5. The highest BCUT2D eigenvalue weighted by Crippen LogP contribution is 2.35. The number of nitrogens with one attached hydrogen (secondary N) is 1. The van der Waals surface area contributed by atoms with E-state index < -0.39 is 0 Å². The van der Waals surface area contributed by atoms with Crippen LogP contribution in [-0.2, 0) is 6.42 Å². The van der Waals surface area contributed by atoms with Gasteiger partial charge in [-0.25, -0.2) is 4.98 Å². The van der Waals surface area contributed by atoms with E-state index in [1.807, 2.05) is 31.4 Å². The van der Waals surface area contributed by atoms with E-state index >= 15 is 0 Å². The molecule has 114 valence electrons. The third kappa shape index (κ3) is 3.16. The molecule has 0 spiro atoms. The van der Waals surface area contributed by atoms with E-state index in [1.54, 1.807) is 11.3 Å². The van der Waals surface area contributed by atoms with Gasteiger partial charge in [-0.05, 0) is 25.5 Å². The quantitative estimate of drug-likeness (QED) is 0.747. The molecule has 0 fully saturated rings. The lowest BCUT2D eigenvalue weighted by atomic mass is 10.2. The lowest BCUT2D eigenvalue weighted by Gasteiger charge is -2.02. The number of hydrogen-bond acceptors (Lipinski definition) is 4. The maximum absolute atomic E-state index is 12.3. The minimum absolute atomic E-state index is 0.115. The van der Waals surface area contributed by atoms with E-state index in [1.165, 1.54) is 11.3 Å². The summed E-state index contributed by atoms with van der Waals surface area (Å²) in [5.74, 6) is -0.115. The Bertz CT molecular complexity index is 838. The third-order valence-electron chi connectivity index (χ3n) is 3.32. The molecule has 0 aliphatic heterocycles. The second-order valence-corrected chi connectivity index (χ2v) is 7.60. The lowest BCUT2D eigenvalue weighted by Crippen LogP contribution is -2.25. The molecule has 0 bridgehead atoms. The molecule has 0 aliphatic rings. The summed E-state index contributed by atoms with van der Waals surface area (Å²) in [5.41, 5.74) is 2.18. The summed E-state index contributed by atoms with van der Waals surface area (Å²) in [6.07, 6.45) is 0.734. The molecule has 2 heterocycles. The zero-order valence-corrected chi connectivity index (χ0v) is 14.7. The second-order valence-electron chi connectivity index (χ2n) is 5.11. The highest BCUT2D eigenvalue weighted by molar-refractivity contribution is 7.21. The molecule has 3 aromatic rings. The molecule has 3 nitrogen and oxygen atoms in total. The molecule has 0 aliphatic carbocycles. The normalized spacial score (nSPS) is 11.0. The molecule has 0 saturated carbocycles. The fraction of sp³-hybridized carbons (Fsp3) is 0.250. The number of thiazole rings is 1. The number of nitrogens with zero attached hydrogens (tertiary/aromatic N) is 1. The predicted molar refractivity (Wildman–Crippen MR) is 94.5 cm³/mol. The van der Waals surface area contributed by atoms with E-state index in [4.69, 9.17) is 11.6 Å². The average Bonchev–Trinajstić information content (AvgIpc) is 3.03. The van der Waals surface area contributed by atoms with Crippen molar-refractivity contribution < 1.29 is 4.79 Å². The smallest absolute Gasteiger partial charge is 0.262 e. The molecule has 3 rings (SSSR count). The van der Waals surface area contributed by atoms with Crippen LogP contribution in [0.1, 0.15) is 25.9 Å². The summed E-state index contributed by atoms with van der Waals surface area (Å²) in [4.78, 5) is 17.3. The van der Waals surface area contributed by atoms with Crippen LogP contribution in [0.2, 0.25) is 5.02 Å². The lowest BCUT2D eigenvalue weighted by molar-refractivity contribution is 0.0958. The topological polar surface area (TPSA) is 42.0 Å². The van der Waals surface area contributed by atoms with Gasteiger partial charge in [0, 0.05) is 28.4 Å². The Morgan fingerprint density at radius 1 is 1.36 bits per heavy atom. The van der Waals surface area contributed by atoms with Crippen LogP contribution in [0.25, 0.3) is 10.1 Å². The monoisotopic (exact) mass is 350 g/mol. The van der Waals surface area contributed by atoms with Crippen LogP contribution < -0.4 is 5.32 Å². The van der Waals surface area contributed by atoms with E-state index in [0.717, 1.165) is 32.8 Å². The molecule has 22 heavy (non-hydrogen) atoms. The number of aryl methyl sites for hydroxylation is 2. The molecular weight excluding hydrogens is 336 g/mol. The number of carbonyl (C=O) groups is 1. The van der Waals surface area contributed by atoms with Crippen molar-refractivity contribution in [3.8, 4) is 0 Å².